The summed E-state index contributed by atoms with van der Waals surface area (Å²) in [7, 11) is 0. The van der Waals surface area contributed by atoms with Crippen molar-refractivity contribution in [2.45, 2.75) is 24.7 Å². The molecule has 2 aromatic rings. The molecule has 0 radical (unpaired) electrons. The van der Waals surface area contributed by atoms with E-state index in [2.05, 4.69) is 0 Å². The Hall–Kier alpha value is -3.57. The molecule has 2 aromatic carbocycles. The van der Waals surface area contributed by atoms with Crippen molar-refractivity contribution in [1.82, 2.24) is 0 Å². The maximum absolute atomic E-state index is 13.0. The number of hydrogen-bond donors (Lipinski definition) is 0. The van der Waals surface area contributed by atoms with Gasteiger partial charge < -0.3 is 0 Å². The molecule has 0 amide bonds. The van der Waals surface area contributed by atoms with Gasteiger partial charge in [0.2, 0.25) is 0 Å². The Morgan fingerprint density at radius 3 is 0.943 bits per heavy atom. The number of nitrogens with zero attached hydrogens (tertiary/aromatic N) is 1. The topological polar surface area (TPSA) is 57.9 Å². The summed E-state index contributed by atoms with van der Waals surface area (Å²) in [6.07, 6.45) is -21.7. The summed E-state index contributed by atoms with van der Waals surface area (Å²) in [5.74, 6) is -6.86. The lowest BCUT2D eigenvalue weighted by molar-refractivity contribution is -0.144. The summed E-state index contributed by atoms with van der Waals surface area (Å²) >= 11 is 0. The fraction of sp³-hybridized carbons (Fsp3) is 0.250. The highest BCUT2D eigenvalue weighted by molar-refractivity contribution is 6.18. The predicted molar refractivity (Wildman–Crippen MR) is 90.7 cm³/mol. The molecule has 35 heavy (non-hydrogen) atoms. The molecule has 2 rings (SSSR count). The second-order valence-corrected chi connectivity index (χ2v) is 6.88. The van der Waals surface area contributed by atoms with E-state index in [0.717, 1.165) is 6.07 Å². The molecule has 3 nitrogen and oxygen atoms in total. The summed E-state index contributed by atoms with van der Waals surface area (Å²) in [5, 5.41) is 9.13. The van der Waals surface area contributed by atoms with Gasteiger partial charge in [0.15, 0.2) is 17.5 Å². The lowest BCUT2D eigenvalue weighted by Crippen LogP contribution is -2.25. The molecule has 0 atom stereocenters. The number of halogens is 12. The van der Waals surface area contributed by atoms with Crippen LogP contribution in [-0.2, 0) is 24.7 Å². The average molecular weight is 521 g/mol. The second-order valence-electron chi connectivity index (χ2n) is 6.88. The standard InChI is InChI=1S/C20H7F12NO2/c21-17(22,23)10-1-8(2-11(5-10)18(24,25)26)15(34)14(7-33)16(35)9-3-12(19(27,28)29)6-13(4-9)20(30,31)32/h1-6,14H. The lowest BCUT2D eigenvalue weighted by atomic mass is 9.88. The number of hydrogen-bond acceptors (Lipinski definition) is 3. The molecule has 0 heterocycles. The lowest BCUT2D eigenvalue weighted by Gasteiger charge is -2.16. The number of ketones is 2. The Morgan fingerprint density at radius 2 is 0.771 bits per heavy atom. The van der Waals surface area contributed by atoms with E-state index in [0.29, 0.717) is 0 Å². The SMILES string of the molecule is N#CC(C(=O)c1cc(C(F)(F)F)cc(C(F)(F)F)c1)C(=O)c1cc(C(F)(F)F)cc(C(F)(F)F)c1. The molecule has 0 aliphatic rings. The fourth-order valence-corrected chi connectivity index (χ4v) is 2.76. The van der Waals surface area contributed by atoms with Crippen molar-refractivity contribution in [2.24, 2.45) is 5.92 Å². The number of benzene rings is 2. The van der Waals surface area contributed by atoms with E-state index in [1.54, 1.807) is 0 Å². The minimum atomic E-state index is -5.43. The minimum Gasteiger partial charge on any atom is -0.292 e. The number of alkyl halides is 12. The highest BCUT2D eigenvalue weighted by Gasteiger charge is 2.41. The quantitative estimate of drug-likeness (QED) is 0.248. The van der Waals surface area contributed by atoms with Crippen molar-refractivity contribution in [3.63, 3.8) is 0 Å². The van der Waals surface area contributed by atoms with Gasteiger partial charge in [-0.2, -0.15) is 57.9 Å². The maximum atomic E-state index is 13.0. The Morgan fingerprint density at radius 1 is 0.543 bits per heavy atom. The van der Waals surface area contributed by atoms with Gasteiger partial charge in [0, 0.05) is 11.1 Å². The Balaban J connectivity index is 2.66. The number of Topliss-reactive ketones (excluding diaryl/α,β-unsaturated/α-hetero) is 2. The van der Waals surface area contributed by atoms with Crippen molar-refractivity contribution in [3.8, 4) is 6.07 Å². The largest absolute Gasteiger partial charge is 0.416 e. The Kier molecular flexibility index (Phi) is 7.03. The normalized spacial score (nSPS) is 13.0. The molecule has 0 aromatic heterocycles. The van der Waals surface area contributed by atoms with Crippen LogP contribution in [0.15, 0.2) is 36.4 Å². The third-order valence-corrected chi connectivity index (χ3v) is 4.40. The molecule has 0 spiro atoms. The van der Waals surface area contributed by atoms with Gasteiger partial charge in [0.05, 0.1) is 28.3 Å². The molecule has 0 N–H and O–H groups in total. The van der Waals surface area contributed by atoms with Crippen molar-refractivity contribution in [2.75, 3.05) is 0 Å². The summed E-state index contributed by atoms with van der Waals surface area (Å²) in [5.41, 5.74) is -10.9. The van der Waals surface area contributed by atoms with E-state index >= 15 is 0 Å². The molecule has 0 unspecified atom stereocenters. The maximum Gasteiger partial charge on any atom is 0.416 e. The zero-order chi connectivity index (χ0) is 27.1. The summed E-state index contributed by atoms with van der Waals surface area (Å²) < 4.78 is 156. The zero-order valence-corrected chi connectivity index (χ0v) is 16.3. The van der Waals surface area contributed by atoms with Crippen molar-refractivity contribution in [3.05, 3.63) is 69.8 Å². The first-order valence-corrected chi connectivity index (χ1v) is 8.73. The Bertz CT molecular complexity index is 1050. The molecule has 0 bridgehead atoms. The van der Waals surface area contributed by atoms with E-state index in [1.165, 1.54) is 0 Å². The number of carbonyl (C=O) groups excluding carboxylic acids is 2. The van der Waals surface area contributed by atoms with Crippen LogP contribution in [0.2, 0.25) is 0 Å². The van der Waals surface area contributed by atoms with Crippen LogP contribution in [0.4, 0.5) is 52.7 Å². The van der Waals surface area contributed by atoms with Crippen LogP contribution in [0.3, 0.4) is 0 Å². The van der Waals surface area contributed by atoms with Gasteiger partial charge in [-0.05, 0) is 36.4 Å². The second kappa shape index (κ2) is 8.90. The summed E-state index contributed by atoms with van der Waals surface area (Å²) in [6, 6.07) is -0.384. The van der Waals surface area contributed by atoms with Crippen molar-refractivity contribution < 1.29 is 62.3 Å². The first-order chi connectivity index (χ1) is 15.7. The summed E-state index contributed by atoms with van der Waals surface area (Å²) in [4.78, 5) is 25.0. The van der Waals surface area contributed by atoms with Gasteiger partial charge in [-0.25, -0.2) is 0 Å². The van der Waals surface area contributed by atoms with Crippen LogP contribution in [0.5, 0.6) is 0 Å². The average Bonchev–Trinajstić information content (AvgIpc) is 2.70. The Labute approximate surface area is 186 Å². The van der Waals surface area contributed by atoms with Gasteiger partial charge in [-0.1, -0.05) is 0 Å². The van der Waals surface area contributed by atoms with Gasteiger partial charge >= 0.3 is 24.7 Å². The minimum absolute atomic E-state index is 0.136. The van der Waals surface area contributed by atoms with E-state index < -0.39 is 75.6 Å². The van der Waals surface area contributed by atoms with Gasteiger partial charge in [0.25, 0.3) is 0 Å². The van der Waals surface area contributed by atoms with Gasteiger partial charge in [-0.15, -0.1) is 0 Å². The van der Waals surface area contributed by atoms with Crippen LogP contribution in [0.25, 0.3) is 0 Å². The fourth-order valence-electron chi connectivity index (χ4n) is 2.76. The number of nitriles is 1. The van der Waals surface area contributed by atoms with Gasteiger partial charge in [-0.3, -0.25) is 9.59 Å². The molecule has 0 aliphatic heterocycles. The molecule has 15 heteroatoms. The van der Waals surface area contributed by atoms with Crippen molar-refractivity contribution in [1.29, 1.82) is 5.26 Å². The molecule has 0 saturated carbocycles. The first-order valence-electron chi connectivity index (χ1n) is 8.73. The van der Waals surface area contributed by atoms with Crippen LogP contribution in [0, 0.1) is 17.2 Å². The van der Waals surface area contributed by atoms with Crippen LogP contribution in [0.1, 0.15) is 43.0 Å². The molecular weight excluding hydrogens is 514 g/mol. The van der Waals surface area contributed by atoms with Crippen LogP contribution in [-0.4, -0.2) is 11.6 Å². The predicted octanol–water partition coefficient (Wildman–Crippen LogP) is 6.97. The monoisotopic (exact) mass is 521 g/mol. The molecule has 0 fully saturated rings. The van der Waals surface area contributed by atoms with Crippen LogP contribution >= 0.6 is 0 Å². The molecule has 188 valence electrons. The smallest absolute Gasteiger partial charge is 0.292 e. The van der Waals surface area contributed by atoms with Crippen LogP contribution < -0.4 is 0 Å². The van der Waals surface area contributed by atoms with Gasteiger partial charge in [0.1, 0.15) is 0 Å². The van der Waals surface area contributed by atoms with E-state index in [9.17, 15) is 62.3 Å². The van der Waals surface area contributed by atoms with E-state index in [4.69, 9.17) is 5.26 Å². The van der Waals surface area contributed by atoms with E-state index in [-0.39, 0.29) is 36.4 Å². The highest BCUT2D eigenvalue weighted by atomic mass is 19.4. The zero-order valence-electron chi connectivity index (χ0n) is 16.3. The molecular formula is C20H7F12NO2. The number of rotatable bonds is 4. The van der Waals surface area contributed by atoms with E-state index in [1.807, 2.05) is 0 Å². The highest BCUT2D eigenvalue weighted by Crippen LogP contribution is 2.38. The number of carbonyl (C=O) groups is 2. The third kappa shape index (κ3) is 6.31. The molecule has 0 saturated heterocycles. The summed E-state index contributed by atoms with van der Waals surface area (Å²) in [6.45, 7) is 0. The third-order valence-electron chi connectivity index (χ3n) is 4.40. The van der Waals surface area contributed by atoms with Crippen molar-refractivity contribution >= 4 is 11.6 Å². The first kappa shape index (κ1) is 27.7. The molecule has 0 aliphatic carbocycles.